The van der Waals surface area contributed by atoms with Crippen LogP contribution in [0.5, 0.6) is 0 Å². The number of nitrogens with one attached hydrogen (secondary N) is 3. The zero-order valence-corrected chi connectivity index (χ0v) is 17.9. The monoisotopic (exact) mass is 414 g/mol. The Balaban J connectivity index is 1.51. The highest BCUT2D eigenvalue weighted by Crippen LogP contribution is 2.25. The zero-order valence-electron chi connectivity index (χ0n) is 17.9. The topological polar surface area (TPSA) is 90.5 Å². The predicted octanol–water partition coefficient (Wildman–Crippen LogP) is 2.82. The van der Waals surface area contributed by atoms with Crippen LogP contribution in [0.15, 0.2) is 24.3 Å². The third kappa shape index (κ3) is 6.21. The number of anilines is 2. The van der Waals surface area contributed by atoms with Crippen LogP contribution in [0.2, 0.25) is 0 Å². The average molecular weight is 415 g/mol. The smallest absolute Gasteiger partial charge is 0.246 e. The lowest BCUT2D eigenvalue weighted by Gasteiger charge is -2.21. The van der Waals surface area contributed by atoms with Crippen molar-refractivity contribution in [3.8, 4) is 0 Å². The first-order valence-corrected chi connectivity index (χ1v) is 11.3. The van der Waals surface area contributed by atoms with Crippen LogP contribution < -0.4 is 20.9 Å². The third-order valence-corrected chi connectivity index (χ3v) is 5.96. The van der Waals surface area contributed by atoms with Crippen LogP contribution in [0, 0.1) is 5.92 Å². The van der Waals surface area contributed by atoms with E-state index >= 15 is 0 Å². The number of carbonyl (C=O) groups is 3. The molecule has 7 heteroatoms. The van der Waals surface area contributed by atoms with E-state index in [-0.39, 0.29) is 30.2 Å². The van der Waals surface area contributed by atoms with Gasteiger partial charge in [-0.3, -0.25) is 14.4 Å². The van der Waals surface area contributed by atoms with E-state index < -0.39 is 6.04 Å². The van der Waals surface area contributed by atoms with Crippen LogP contribution in [0.25, 0.3) is 0 Å². The molecule has 0 spiro atoms. The Morgan fingerprint density at radius 3 is 2.53 bits per heavy atom. The average Bonchev–Trinajstić information content (AvgIpc) is 3.46. The Morgan fingerprint density at radius 2 is 1.83 bits per heavy atom. The van der Waals surface area contributed by atoms with Crippen molar-refractivity contribution in [2.45, 2.75) is 64.3 Å². The van der Waals surface area contributed by atoms with E-state index in [9.17, 15) is 14.4 Å². The molecule has 1 unspecified atom stereocenters. The number of hydrogen-bond donors (Lipinski definition) is 3. The number of amides is 3. The molecule has 1 aromatic carbocycles. The van der Waals surface area contributed by atoms with Gasteiger partial charge in [0.05, 0.1) is 6.54 Å². The Morgan fingerprint density at radius 1 is 1.10 bits per heavy atom. The number of benzene rings is 1. The molecule has 164 valence electrons. The molecule has 0 bridgehead atoms. The molecule has 2 fully saturated rings. The summed E-state index contributed by atoms with van der Waals surface area (Å²) in [5.74, 6) is -0.597. The summed E-state index contributed by atoms with van der Waals surface area (Å²) < 4.78 is 0. The molecular weight excluding hydrogens is 380 g/mol. The highest BCUT2D eigenvalue weighted by molar-refractivity contribution is 5.98. The molecule has 1 saturated heterocycles. The Labute approximate surface area is 179 Å². The maximum atomic E-state index is 12.8. The minimum Gasteiger partial charge on any atom is -0.371 e. The molecule has 1 saturated carbocycles. The molecule has 3 rings (SSSR count). The van der Waals surface area contributed by atoms with Gasteiger partial charge in [0.1, 0.15) is 6.04 Å². The molecule has 30 heavy (non-hydrogen) atoms. The molecular formula is C23H34N4O3. The van der Waals surface area contributed by atoms with Crippen molar-refractivity contribution in [2.24, 2.45) is 5.92 Å². The van der Waals surface area contributed by atoms with Gasteiger partial charge in [-0.2, -0.15) is 0 Å². The highest BCUT2D eigenvalue weighted by Gasteiger charge is 2.24. The van der Waals surface area contributed by atoms with Crippen molar-refractivity contribution in [1.29, 1.82) is 0 Å². The van der Waals surface area contributed by atoms with Gasteiger partial charge in [-0.05, 0) is 50.3 Å². The zero-order chi connectivity index (χ0) is 21.3. The molecule has 3 amide bonds. The van der Waals surface area contributed by atoms with E-state index in [2.05, 4.69) is 26.9 Å². The fourth-order valence-corrected chi connectivity index (χ4v) is 4.29. The second-order valence-corrected chi connectivity index (χ2v) is 8.34. The van der Waals surface area contributed by atoms with Crippen LogP contribution in [-0.4, -0.2) is 43.4 Å². The summed E-state index contributed by atoms with van der Waals surface area (Å²) in [4.78, 5) is 39.5. The SMILES string of the molecule is CCCC(NC(=O)CNC(=O)C1CCCC1)C(=O)Nc1cccc(N2CCCC2)c1. The summed E-state index contributed by atoms with van der Waals surface area (Å²) in [5, 5.41) is 8.43. The maximum Gasteiger partial charge on any atom is 0.246 e. The maximum absolute atomic E-state index is 12.8. The molecule has 1 heterocycles. The molecule has 3 N–H and O–H groups in total. The number of hydrogen-bond acceptors (Lipinski definition) is 4. The molecule has 1 aromatic rings. The Hall–Kier alpha value is -2.57. The van der Waals surface area contributed by atoms with Gasteiger partial charge >= 0.3 is 0 Å². The quantitative estimate of drug-likeness (QED) is 0.580. The normalized spacial score (nSPS) is 17.6. The van der Waals surface area contributed by atoms with Gasteiger partial charge in [0.25, 0.3) is 0 Å². The summed E-state index contributed by atoms with van der Waals surface area (Å²) in [6.07, 6.45) is 7.62. The number of carbonyl (C=O) groups excluding carboxylic acids is 3. The first-order valence-electron chi connectivity index (χ1n) is 11.3. The Bertz CT molecular complexity index is 740. The van der Waals surface area contributed by atoms with Crippen LogP contribution in [-0.2, 0) is 14.4 Å². The standard InChI is InChI=1S/C23H34N4O3/c1-2-8-20(26-21(28)16-24-22(29)17-9-3-4-10-17)23(30)25-18-11-7-12-19(15-18)27-13-5-6-14-27/h7,11-12,15,17,20H,2-6,8-10,13-14,16H2,1H3,(H,24,29)(H,25,30)(H,26,28). The molecule has 2 aliphatic rings. The van der Waals surface area contributed by atoms with E-state index in [1.165, 1.54) is 12.8 Å². The van der Waals surface area contributed by atoms with Gasteiger partial charge < -0.3 is 20.9 Å². The molecule has 1 aliphatic carbocycles. The van der Waals surface area contributed by atoms with E-state index in [1.54, 1.807) is 0 Å². The largest absolute Gasteiger partial charge is 0.371 e. The van der Waals surface area contributed by atoms with Gasteiger partial charge in [0, 0.05) is 30.4 Å². The fourth-order valence-electron chi connectivity index (χ4n) is 4.29. The van der Waals surface area contributed by atoms with Crippen molar-refractivity contribution in [2.75, 3.05) is 29.9 Å². The van der Waals surface area contributed by atoms with Gasteiger partial charge in [-0.1, -0.05) is 32.3 Å². The minimum atomic E-state index is -0.624. The van der Waals surface area contributed by atoms with E-state index in [0.29, 0.717) is 6.42 Å². The third-order valence-electron chi connectivity index (χ3n) is 5.96. The van der Waals surface area contributed by atoms with Crippen molar-refractivity contribution >= 4 is 29.1 Å². The molecule has 0 radical (unpaired) electrons. The Kier molecular flexibility index (Phi) is 8.11. The summed E-state index contributed by atoms with van der Waals surface area (Å²) in [7, 11) is 0. The van der Waals surface area contributed by atoms with Crippen LogP contribution >= 0.6 is 0 Å². The summed E-state index contributed by atoms with van der Waals surface area (Å²) in [5.41, 5.74) is 1.84. The predicted molar refractivity (Wildman–Crippen MR) is 118 cm³/mol. The van der Waals surface area contributed by atoms with Crippen molar-refractivity contribution in [3.05, 3.63) is 24.3 Å². The van der Waals surface area contributed by atoms with Crippen LogP contribution in [0.4, 0.5) is 11.4 Å². The highest BCUT2D eigenvalue weighted by atomic mass is 16.2. The lowest BCUT2D eigenvalue weighted by atomic mass is 10.1. The summed E-state index contributed by atoms with van der Waals surface area (Å²) >= 11 is 0. The van der Waals surface area contributed by atoms with Gasteiger partial charge in [0.2, 0.25) is 17.7 Å². The van der Waals surface area contributed by atoms with E-state index in [0.717, 1.165) is 56.6 Å². The first-order chi connectivity index (χ1) is 14.6. The minimum absolute atomic E-state index is 0.0235. The number of nitrogens with zero attached hydrogens (tertiary/aromatic N) is 1. The van der Waals surface area contributed by atoms with Crippen molar-refractivity contribution in [3.63, 3.8) is 0 Å². The summed E-state index contributed by atoms with van der Waals surface area (Å²) in [6, 6.07) is 7.22. The first kappa shape index (κ1) is 22.1. The second kappa shape index (κ2) is 11.0. The van der Waals surface area contributed by atoms with Crippen LogP contribution in [0.1, 0.15) is 58.3 Å². The number of rotatable bonds is 9. The molecule has 7 nitrogen and oxygen atoms in total. The van der Waals surface area contributed by atoms with Crippen LogP contribution in [0.3, 0.4) is 0 Å². The lowest BCUT2D eigenvalue weighted by molar-refractivity contribution is -0.129. The van der Waals surface area contributed by atoms with Crippen molar-refractivity contribution in [1.82, 2.24) is 10.6 Å². The van der Waals surface area contributed by atoms with Crippen molar-refractivity contribution < 1.29 is 14.4 Å². The molecule has 1 aliphatic heterocycles. The van der Waals surface area contributed by atoms with E-state index in [4.69, 9.17) is 0 Å². The lowest BCUT2D eigenvalue weighted by Crippen LogP contribution is -2.47. The second-order valence-electron chi connectivity index (χ2n) is 8.34. The molecule has 0 aromatic heterocycles. The molecule has 1 atom stereocenters. The fraction of sp³-hybridized carbons (Fsp3) is 0.609. The van der Waals surface area contributed by atoms with E-state index in [1.807, 2.05) is 25.1 Å². The summed E-state index contributed by atoms with van der Waals surface area (Å²) in [6.45, 7) is 3.96. The van der Waals surface area contributed by atoms with Gasteiger partial charge in [-0.15, -0.1) is 0 Å². The van der Waals surface area contributed by atoms with Gasteiger partial charge in [-0.25, -0.2) is 0 Å². The van der Waals surface area contributed by atoms with Gasteiger partial charge in [0.15, 0.2) is 0 Å².